The van der Waals surface area contributed by atoms with Crippen molar-refractivity contribution in [3.8, 4) is 5.75 Å². The van der Waals surface area contributed by atoms with Gasteiger partial charge in [0.15, 0.2) is 0 Å². The van der Waals surface area contributed by atoms with Crippen LogP contribution in [0.5, 0.6) is 5.75 Å². The van der Waals surface area contributed by atoms with Crippen LogP contribution in [0, 0.1) is 13.0 Å². The molecule has 0 amide bonds. The topological polar surface area (TPSA) is 14.2 Å². The maximum absolute atomic E-state index is 5.89. The van der Waals surface area contributed by atoms with Crippen molar-refractivity contribution in [2.24, 2.45) is 0 Å². The molecule has 0 aliphatic carbocycles. The predicted molar refractivity (Wildman–Crippen MR) is 102 cm³/mol. The molecule has 123 valence electrons. The third-order valence-electron chi connectivity index (χ3n) is 4.56. The monoisotopic (exact) mass is 326 g/mol. The van der Waals surface area contributed by atoms with Gasteiger partial charge in [-0.3, -0.25) is 0 Å². The van der Waals surface area contributed by atoms with Gasteiger partial charge in [0.05, 0.1) is 5.52 Å². The SMILES string of the molecule is Cc1c(COc2[c]cccc2)ccc2ccn(Cc3ccccc3)c12. The molecule has 4 aromatic rings. The fourth-order valence-corrected chi connectivity index (χ4v) is 3.21. The summed E-state index contributed by atoms with van der Waals surface area (Å²) < 4.78 is 8.21. The summed E-state index contributed by atoms with van der Waals surface area (Å²) in [5, 5.41) is 1.27. The molecule has 2 nitrogen and oxygen atoms in total. The van der Waals surface area contributed by atoms with Gasteiger partial charge in [-0.05, 0) is 41.1 Å². The van der Waals surface area contributed by atoms with Gasteiger partial charge >= 0.3 is 0 Å². The lowest BCUT2D eigenvalue weighted by molar-refractivity contribution is 0.305. The second-order valence-electron chi connectivity index (χ2n) is 6.23. The number of rotatable bonds is 5. The molecule has 0 saturated heterocycles. The lowest BCUT2D eigenvalue weighted by atomic mass is 10.1. The number of benzene rings is 3. The maximum Gasteiger partial charge on any atom is 0.127 e. The molecule has 3 aromatic carbocycles. The minimum atomic E-state index is 0.554. The number of fused-ring (bicyclic) bond motifs is 1. The summed E-state index contributed by atoms with van der Waals surface area (Å²) in [6.07, 6.45) is 2.17. The summed E-state index contributed by atoms with van der Waals surface area (Å²) in [6.45, 7) is 3.61. The minimum Gasteiger partial charge on any atom is -0.488 e. The summed E-state index contributed by atoms with van der Waals surface area (Å²) in [6, 6.07) is 27.9. The molecule has 0 bridgehead atoms. The van der Waals surface area contributed by atoms with Gasteiger partial charge in [-0.2, -0.15) is 0 Å². The van der Waals surface area contributed by atoms with Crippen molar-refractivity contribution in [3.05, 3.63) is 102 Å². The van der Waals surface area contributed by atoms with Crippen molar-refractivity contribution in [3.63, 3.8) is 0 Å². The van der Waals surface area contributed by atoms with E-state index in [1.807, 2.05) is 24.3 Å². The van der Waals surface area contributed by atoms with Crippen molar-refractivity contribution in [1.82, 2.24) is 4.57 Å². The first-order valence-electron chi connectivity index (χ1n) is 8.52. The van der Waals surface area contributed by atoms with Crippen LogP contribution in [0.3, 0.4) is 0 Å². The van der Waals surface area contributed by atoms with E-state index in [0.717, 1.165) is 12.3 Å². The van der Waals surface area contributed by atoms with Gasteiger partial charge in [-0.1, -0.05) is 60.7 Å². The van der Waals surface area contributed by atoms with Crippen LogP contribution in [0.4, 0.5) is 0 Å². The van der Waals surface area contributed by atoms with E-state index >= 15 is 0 Å². The number of aryl methyl sites for hydroxylation is 1. The molecule has 0 unspecified atom stereocenters. The fraction of sp³-hybridized carbons (Fsp3) is 0.130. The lowest BCUT2D eigenvalue weighted by Crippen LogP contribution is -2.02. The number of ether oxygens (including phenoxy) is 1. The van der Waals surface area contributed by atoms with Crippen LogP contribution in [-0.2, 0) is 13.2 Å². The molecule has 0 atom stereocenters. The standard InChI is InChI=1S/C23H20NO/c1-18-21(17-25-22-10-6-3-7-11-22)13-12-20-14-15-24(23(18)20)16-19-8-4-2-5-9-19/h2-10,12-15H,16-17H2,1H3. The highest BCUT2D eigenvalue weighted by Gasteiger charge is 2.09. The van der Waals surface area contributed by atoms with Crippen LogP contribution in [-0.4, -0.2) is 4.57 Å². The van der Waals surface area contributed by atoms with Gasteiger partial charge in [0.25, 0.3) is 0 Å². The zero-order valence-corrected chi connectivity index (χ0v) is 14.3. The Kier molecular flexibility index (Phi) is 4.26. The Hall–Kier alpha value is -3.00. The molecular weight excluding hydrogens is 306 g/mol. The smallest absolute Gasteiger partial charge is 0.127 e. The van der Waals surface area contributed by atoms with Crippen LogP contribution in [0.25, 0.3) is 10.9 Å². The number of nitrogens with zero attached hydrogens (tertiary/aromatic N) is 1. The van der Waals surface area contributed by atoms with Crippen LogP contribution in [0.1, 0.15) is 16.7 Å². The number of hydrogen-bond acceptors (Lipinski definition) is 1. The number of aromatic nitrogens is 1. The Morgan fingerprint density at radius 2 is 1.76 bits per heavy atom. The second kappa shape index (κ2) is 6.86. The van der Waals surface area contributed by atoms with Gasteiger partial charge < -0.3 is 9.30 Å². The summed E-state index contributed by atoms with van der Waals surface area (Å²) >= 11 is 0. The summed E-state index contributed by atoms with van der Waals surface area (Å²) in [5.74, 6) is 0.779. The molecule has 2 heteroatoms. The fourth-order valence-electron chi connectivity index (χ4n) is 3.21. The molecule has 0 spiro atoms. The average molecular weight is 326 g/mol. The van der Waals surface area contributed by atoms with E-state index in [1.54, 1.807) is 0 Å². The van der Waals surface area contributed by atoms with Gasteiger partial charge in [0.1, 0.15) is 12.4 Å². The van der Waals surface area contributed by atoms with E-state index in [4.69, 9.17) is 4.74 Å². The van der Waals surface area contributed by atoms with Crippen LogP contribution < -0.4 is 4.74 Å². The highest BCUT2D eigenvalue weighted by Crippen LogP contribution is 2.25. The normalized spacial score (nSPS) is 10.9. The third-order valence-corrected chi connectivity index (χ3v) is 4.56. The van der Waals surface area contributed by atoms with E-state index in [-0.39, 0.29) is 0 Å². The Labute approximate surface area is 148 Å². The predicted octanol–water partition coefficient (Wildman–Crippen LogP) is 5.38. The lowest BCUT2D eigenvalue weighted by Gasteiger charge is -2.13. The molecule has 0 saturated carbocycles. The van der Waals surface area contributed by atoms with E-state index in [0.29, 0.717) is 6.61 Å². The van der Waals surface area contributed by atoms with Gasteiger partial charge in [-0.15, -0.1) is 0 Å². The average Bonchev–Trinajstić information content (AvgIpc) is 3.06. The van der Waals surface area contributed by atoms with Crippen molar-refractivity contribution in [2.45, 2.75) is 20.1 Å². The van der Waals surface area contributed by atoms with E-state index in [1.165, 1.54) is 27.6 Å². The van der Waals surface area contributed by atoms with Crippen molar-refractivity contribution in [1.29, 1.82) is 0 Å². The summed E-state index contributed by atoms with van der Waals surface area (Å²) in [5.41, 5.74) is 5.06. The first-order chi connectivity index (χ1) is 12.3. The van der Waals surface area contributed by atoms with Crippen molar-refractivity contribution in [2.75, 3.05) is 0 Å². The van der Waals surface area contributed by atoms with Crippen molar-refractivity contribution >= 4 is 10.9 Å². The molecule has 4 rings (SSSR count). The first-order valence-corrected chi connectivity index (χ1v) is 8.52. The van der Waals surface area contributed by atoms with Gasteiger partial charge in [0, 0.05) is 18.8 Å². The van der Waals surface area contributed by atoms with Crippen LogP contribution in [0.15, 0.2) is 79.0 Å². The quantitative estimate of drug-likeness (QED) is 0.480. The molecule has 0 aliphatic rings. The summed E-state index contributed by atoms with van der Waals surface area (Å²) in [4.78, 5) is 0. The van der Waals surface area contributed by atoms with Gasteiger partial charge in [-0.25, -0.2) is 0 Å². The first kappa shape index (κ1) is 15.5. The van der Waals surface area contributed by atoms with Crippen molar-refractivity contribution < 1.29 is 4.74 Å². The highest BCUT2D eigenvalue weighted by molar-refractivity contribution is 5.84. The van der Waals surface area contributed by atoms with E-state index in [9.17, 15) is 0 Å². The molecule has 0 N–H and O–H groups in total. The molecule has 1 aromatic heterocycles. The zero-order chi connectivity index (χ0) is 17.1. The largest absolute Gasteiger partial charge is 0.488 e. The molecule has 1 heterocycles. The van der Waals surface area contributed by atoms with E-state index in [2.05, 4.69) is 72.3 Å². The Morgan fingerprint density at radius 3 is 2.56 bits per heavy atom. The Bertz CT molecular complexity index is 971. The summed E-state index contributed by atoms with van der Waals surface area (Å²) in [7, 11) is 0. The molecule has 0 aliphatic heterocycles. The molecule has 25 heavy (non-hydrogen) atoms. The molecule has 1 radical (unpaired) electrons. The second-order valence-corrected chi connectivity index (χ2v) is 6.23. The number of para-hydroxylation sites is 1. The minimum absolute atomic E-state index is 0.554. The Morgan fingerprint density at radius 1 is 0.920 bits per heavy atom. The van der Waals surface area contributed by atoms with Crippen LogP contribution >= 0.6 is 0 Å². The zero-order valence-electron chi connectivity index (χ0n) is 14.3. The highest BCUT2D eigenvalue weighted by atomic mass is 16.5. The van der Waals surface area contributed by atoms with Crippen LogP contribution in [0.2, 0.25) is 0 Å². The van der Waals surface area contributed by atoms with E-state index < -0.39 is 0 Å². The molecule has 0 fully saturated rings. The Balaban J connectivity index is 1.63. The third kappa shape index (κ3) is 3.29. The maximum atomic E-state index is 5.89. The van der Waals surface area contributed by atoms with Gasteiger partial charge in [0.2, 0.25) is 0 Å². The molecular formula is C23H20NO. The number of hydrogen-bond donors (Lipinski definition) is 0.